The lowest BCUT2D eigenvalue weighted by atomic mass is 10.00. The number of amides is 1. The number of fused-ring (bicyclic) bond motifs is 1. The Morgan fingerprint density at radius 2 is 2.03 bits per heavy atom. The van der Waals surface area contributed by atoms with Gasteiger partial charge in [0.2, 0.25) is 0 Å². The van der Waals surface area contributed by atoms with E-state index < -0.39 is 30.4 Å². The molecule has 1 aliphatic rings. The van der Waals surface area contributed by atoms with E-state index in [-0.39, 0.29) is 11.6 Å². The van der Waals surface area contributed by atoms with Crippen molar-refractivity contribution in [1.29, 1.82) is 0 Å². The molecule has 12 heteroatoms. The van der Waals surface area contributed by atoms with E-state index in [4.69, 9.17) is 0 Å². The number of halogens is 4. The largest absolute Gasteiger partial charge is 0.419 e. The minimum Gasteiger partial charge on any atom is -0.382 e. The highest BCUT2D eigenvalue weighted by atomic mass is 32.1. The second-order valence-electron chi connectivity index (χ2n) is 8.02. The second kappa shape index (κ2) is 8.75. The summed E-state index contributed by atoms with van der Waals surface area (Å²) in [6.45, 7) is -0.682. The molecule has 2 unspecified atom stereocenters. The van der Waals surface area contributed by atoms with Crippen molar-refractivity contribution in [2.24, 2.45) is 0 Å². The highest BCUT2D eigenvalue weighted by Gasteiger charge is 2.55. The Morgan fingerprint density at radius 3 is 2.73 bits per heavy atom. The number of anilines is 3. The molecule has 4 rings (SSSR count). The molecule has 0 saturated heterocycles. The quantitative estimate of drug-likeness (QED) is 0.355. The van der Waals surface area contributed by atoms with Crippen LogP contribution in [0.4, 0.5) is 34.8 Å². The molecule has 1 aromatic carbocycles. The van der Waals surface area contributed by atoms with Gasteiger partial charge in [-0.05, 0) is 38.0 Å². The SMILES string of the molecule is CC(O)(C(F)CNC(=O)c1cnc(Nc2ccc3ncsc3c2)cc1NC1CC1)C(F)(F)F. The highest BCUT2D eigenvalue weighted by Crippen LogP contribution is 2.34. The maximum Gasteiger partial charge on any atom is 0.419 e. The molecular formula is C21H21F4N5O2S. The zero-order chi connectivity index (χ0) is 23.8. The molecule has 1 aliphatic carbocycles. The summed E-state index contributed by atoms with van der Waals surface area (Å²) < 4.78 is 53.4. The van der Waals surface area contributed by atoms with E-state index in [9.17, 15) is 27.5 Å². The number of aromatic nitrogens is 2. The Labute approximate surface area is 190 Å². The number of thiazole rings is 1. The topological polar surface area (TPSA) is 99.2 Å². The van der Waals surface area contributed by atoms with Gasteiger partial charge in [-0.15, -0.1) is 11.3 Å². The van der Waals surface area contributed by atoms with Crippen LogP contribution < -0.4 is 16.0 Å². The molecule has 2 atom stereocenters. The number of carbonyl (C=O) groups excluding carboxylic acids is 1. The van der Waals surface area contributed by atoms with Gasteiger partial charge in [-0.1, -0.05) is 0 Å². The standard InChI is InChI=1S/C21H21F4N5O2S/c1-20(32,21(23,24)25)17(22)9-27-19(31)13-8-26-18(7-15(13)29-11-2-3-11)30-12-4-5-14-16(6-12)33-10-28-14/h4-8,10-11,17,32H,2-3,9H2,1H3,(H,27,31)(H2,26,29,30). The van der Waals surface area contributed by atoms with E-state index in [0.29, 0.717) is 18.4 Å². The Bertz CT molecular complexity index is 1160. The van der Waals surface area contributed by atoms with Crippen molar-refractivity contribution in [3.63, 3.8) is 0 Å². The van der Waals surface area contributed by atoms with Gasteiger partial charge in [-0.2, -0.15) is 13.2 Å². The predicted octanol–water partition coefficient (Wildman–Crippen LogP) is 4.39. The van der Waals surface area contributed by atoms with E-state index in [1.807, 2.05) is 18.2 Å². The van der Waals surface area contributed by atoms with Crippen LogP contribution in [-0.2, 0) is 0 Å². The summed E-state index contributed by atoms with van der Waals surface area (Å²) in [6.07, 6.45) is -4.82. The Kier molecular flexibility index (Phi) is 6.14. The van der Waals surface area contributed by atoms with Crippen LogP contribution in [0, 0.1) is 0 Å². The molecule has 3 aromatic rings. The molecule has 176 valence electrons. The van der Waals surface area contributed by atoms with Gasteiger partial charge in [0.05, 0.1) is 33.5 Å². The van der Waals surface area contributed by atoms with Crippen LogP contribution in [0.5, 0.6) is 0 Å². The maximum atomic E-state index is 14.0. The number of nitrogens with one attached hydrogen (secondary N) is 3. The molecule has 2 heterocycles. The molecule has 0 aliphatic heterocycles. The van der Waals surface area contributed by atoms with Crippen molar-refractivity contribution in [2.75, 3.05) is 17.2 Å². The van der Waals surface area contributed by atoms with E-state index in [1.165, 1.54) is 17.5 Å². The first-order valence-electron chi connectivity index (χ1n) is 10.1. The Morgan fingerprint density at radius 1 is 1.27 bits per heavy atom. The molecule has 0 bridgehead atoms. The fraction of sp³-hybridized carbons (Fsp3) is 0.381. The highest BCUT2D eigenvalue weighted by molar-refractivity contribution is 7.16. The monoisotopic (exact) mass is 483 g/mol. The molecular weight excluding hydrogens is 462 g/mol. The van der Waals surface area contributed by atoms with Crippen LogP contribution >= 0.6 is 11.3 Å². The third-order valence-electron chi connectivity index (χ3n) is 5.31. The number of pyridine rings is 1. The zero-order valence-electron chi connectivity index (χ0n) is 17.4. The maximum absolute atomic E-state index is 14.0. The molecule has 2 aromatic heterocycles. The van der Waals surface area contributed by atoms with Crippen molar-refractivity contribution in [3.8, 4) is 0 Å². The van der Waals surface area contributed by atoms with Gasteiger partial charge in [-0.3, -0.25) is 4.79 Å². The summed E-state index contributed by atoms with van der Waals surface area (Å²) in [5.74, 6) is -0.356. The van der Waals surface area contributed by atoms with E-state index >= 15 is 0 Å². The van der Waals surface area contributed by atoms with Gasteiger partial charge in [-0.25, -0.2) is 14.4 Å². The first-order chi connectivity index (χ1) is 15.5. The van der Waals surface area contributed by atoms with Crippen molar-refractivity contribution in [2.45, 2.75) is 43.8 Å². The smallest absolute Gasteiger partial charge is 0.382 e. The molecule has 7 nitrogen and oxygen atoms in total. The summed E-state index contributed by atoms with van der Waals surface area (Å²) >= 11 is 1.49. The molecule has 1 fully saturated rings. The molecule has 0 radical (unpaired) electrons. The van der Waals surface area contributed by atoms with Crippen molar-refractivity contribution in [3.05, 3.63) is 41.5 Å². The fourth-order valence-electron chi connectivity index (χ4n) is 3.01. The third-order valence-corrected chi connectivity index (χ3v) is 6.11. The molecule has 1 saturated carbocycles. The summed E-state index contributed by atoms with van der Waals surface area (Å²) in [5, 5.41) is 17.9. The van der Waals surface area contributed by atoms with Crippen LogP contribution in [0.3, 0.4) is 0 Å². The number of benzene rings is 1. The fourth-order valence-corrected chi connectivity index (χ4v) is 3.72. The molecule has 1 amide bonds. The average molecular weight is 483 g/mol. The summed E-state index contributed by atoms with van der Waals surface area (Å²) in [4.78, 5) is 21.0. The lowest BCUT2D eigenvalue weighted by Gasteiger charge is -2.29. The number of carbonyl (C=O) groups is 1. The Balaban J connectivity index is 1.49. The van der Waals surface area contributed by atoms with Gasteiger partial charge in [0.15, 0.2) is 11.8 Å². The van der Waals surface area contributed by atoms with Crippen LogP contribution in [0.1, 0.15) is 30.1 Å². The number of aliphatic hydroxyl groups is 1. The zero-order valence-corrected chi connectivity index (χ0v) is 18.2. The van der Waals surface area contributed by atoms with Crippen molar-refractivity contribution >= 4 is 44.7 Å². The lowest BCUT2D eigenvalue weighted by molar-refractivity contribution is -0.272. The van der Waals surface area contributed by atoms with Crippen molar-refractivity contribution < 1.29 is 27.5 Å². The minimum absolute atomic E-state index is 0.0595. The van der Waals surface area contributed by atoms with Crippen molar-refractivity contribution in [1.82, 2.24) is 15.3 Å². The van der Waals surface area contributed by atoms with Crippen LogP contribution in [0.2, 0.25) is 0 Å². The summed E-state index contributed by atoms with van der Waals surface area (Å²) in [5.41, 5.74) is 0.281. The predicted molar refractivity (Wildman–Crippen MR) is 118 cm³/mol. The number of rotatable bonds is 8. The van der Waals surface area contributed by atoms with Gasteiger partial charge in [0.1, 0.15) is 5.82 Å². The van der Waals surface area contributed by atoms with E-state index in [2.05, 4.69) is 25.9 Å². The van der Waals surface area contributed by atoms with Gasteiger partial charge in [0, 0.05) is 24.0 Å². The first kappa shape index (κ1) is 23.2. The molecule has 4 N–H and O–H groups in total. The minimum atomic E-state index is -5.17. The average Bonchev–Trinajstić information content (AvgIpc) is 3.44. The van der Waals surface area contributed by atoms with E-state index in [0.717, 1.165) is 28.7 Å². The van der Waals surface area contributed by atoms with Crippen LogP contribution in [0.25, 0.3) is 10.2 Å². The summed E-state index contributed by atoms with van der Waals surface area (Å²) in [7, 11) is 0. The number of alkyl halides is 4. The normalized spacial score (nSPS) is 16.8. The van der Waals surface area contributed by atoms with Crippen LogP contribution in [-0.4, -0.2) is 51.5 Å². The lowest BCUT2D eigenvalue weighted by Crippen LogP contribution is -2.54. The third kappa shape index (κ3) is 5.17. The first-order valence-corrected chi connectivity index (χ1v) is 11.0. The number of hydrogen-bond acceptors (Lipinski definition) is 7. The second-order valence-corrected chi connectivity index (χ2v) is 8.90. The van der Waals surface area contributed by atoms with Gasteiger partial charge in [0.25, 0.3) is 5.91 Å². The number of hydrogen-bond donors (Lipinski definition) is 4. The molecule has 33 heavy (non-hydrogen) atoms. The van der Waals surface area contributed by atoms with Gasteiger partial charge < -0.3 is 21.1 Å². The van der Waals surface area contributed by atoms with Gasteiger partial charge >= 0.3 is 6.18 Å². The molecule has 0 spiro atoms. The number of nitrogens with zero attached hydrogens (tertiary/aromatic N) is 2. The Hall–Kier alpha value is -2.99. The van der Waals surface area contributed by atoms with E-state index in [1.54, 1.807) is 11.6 Å². The van der Waals surface area contributed by atoms with Crippen LogP contribution in [0.15, 0.2) is 36.0 Å². The summed E-state index contributed by atoms with van der Waals surface area (Å²) in [6, 6.07) is 7.40.